The number of ketones is 1. The van der Waals surface area contributed by atoms with Gasteiger partial charge in [0.25, 0.3) is 17.6 Å². The molecular weight excluding hydrogens is 432 g/mol. The number of hydrogen-bond donors (Lipinski definition) is 1. The number of aryl methyl sites for hydroxylation is 1. The van der Waals surface area contributed by atoms with E-state index in [0.29, 0.717) is 23.4 Å². The molecule has 174 valence electrons. The first-order valence-corrected chi connectivity index (χ1v) is 11.4. The highest BCUT2D eigenvalue weighted by molar-refractivity contribution is 6.50. The van der Waals surface area contributed by atoms with E-state index in [1.807, 2.05) is 6.92 Å². The summed E-state index contributed by atoms with van der Waals surface area (Å²) in [4.78, 5) is 44.0. The van der Waals surface area contributed by atoms with Gasteiger partial charge in [0.15, 0.2) is 5.54 Å². The van der Waals surface area contributed by atoms with Crippen molar-refractivity contribution < 1.29 is 24.2 Å². The molecule has 3 heterocycles. The van der Waals surface area contributed by atoms with E-state index in [-0.39, 0.29) is 30.5 Å². The van der Waals surface area contributed by atoms with E-state index < -0.39 is 23.1 Å². The van der Waals surface area contributed by atoms with Gasteiger partial charge in [0, 0.05) is 30.8 Å². The average Bonchev–Trinajstić information content (AvgIpc) is 3.49. The van der Waals surface area contributed by atoms with Crippen molar-refractivity contribution in [1.82, 2.24) is 4.90 Å². The van der Waals surface area contributed by atoms with Crippen LogP contribution in [0.25, 0.3) is 5.76 Å². The molecule has 3 aliphatic rings. The highest BCUT2D eigenvalue weighted by Gasteiger charge is 2.67. The van der Waals surface area contributed by atoms with Gasteiger partial charge in [-0.3, -0.25) is 14.4 Å². The van der Waals surface area contributed by atoms with E-state index in [0.717, 1.165) is 18.4 Å². The molecule has 0 saturated carbocycles. The number of para-hydroxylation sites is 1. The van der Waals surface area contributed by atoms with Crippen LogP contribution in [-0.4, -0.2) is 53.4 Å². The summed E-state index contributed by atoms with van der Waals surface area (Å²) in [5, 5.41) is 11.4. The lowest BCUT2D eigenvalue weighted by Crippen LogP contribution is -2.53. The van der Waals surface area contributed by atoms with E-state index in [1.165, 1.54) is 9.80 Å². The third kappa shape index (κ3) is 3.04. The van der Waals surface area contributed by atoms with Gasteiger partial charge in [0.05, 0.1) is 17.4 Å². The quantitative estimate of drug-likeness (QED) is 0.322. The zero-order chi connectivity index (χ0) is 24.0. The van der Waals surface area contributed by atoms with Crippen LogP contribution < -0.4 is 4.90 Å². The van der Waals surface area contributed by atoms with E-state index in [4.69, 9.17) is 4.74 Å². The number of benzene rings is 2. The molecule has 7 heteroatoms. The largest absolute Gasteiger partial charge is 0.507 e. The summed E-state index contributed by atoms with van der Waals surface area (Å²) in [5.41, 5.74) is 0.448. The van der Waals surface area contributed by atoms with Gasteiger partial charge in [-0.1, -0.05) is 54.1 Å². The fourth-order valence-electron chi connectivity index (χ4n) is 5.28. The smallest absolute Gasteiger partial charge is 0.296 e. The Labute approximate surface area is 197 Å². The van der Waals surface area contributed by atoms with Crippen molar-refractivity contribution in [3.05, 3.63) is 83.4 Å². The van der Waals surface area contributed by atoms with Gasteiger partial charge < -0.3 is 19.6 Å². The monoisotopic (exact) mass is 458 g/mol. The van der Waals surface area contributed by atoms with Crippen LogP contribution in [-0.2, 0) is 24.7 Å². The van der Waals surface area contributed by atoms with Crippen molar-refractivity contribution in [1.29, 1.82) is 0 Å². The predicted molar refractivity (Wildman–Crippen MR) is 127 cm³/mol. The average molecular weight is 459 g/mol. The molecule has 1 N–H and O–H groups in total. The minimum atomic E-state index is -1.77. The van der Waals surface area contributed by atoms with Gasteiger partial charge in [-0.2, -0.15) is 0 Å². The second kappa shape index (κ2) is 8.25. The maximum atomic E-state index is 14.2. The molecule has 1 spiro atoms. The second-order valence-corrected chi connectivity index (χ2v) is 8.90. The molecule has 0 aliphatic carbocycles. The molecule has 0 aromatic heterocycles. The Morgan fingerprint density at radius 1 is 1.18 bits per heavy atom. The van der Waals surface area contributed by atoms with Crippen molar-refractivity contribution in [3.8, 4) is 0 Å². The first-order chi connectivity index (χ1) is 16.4. The molecule has 34 heavy (non-hydrogen) atoms. The Morgan fingerprint density at radius 2 is 1.91 bits per heavy atom. The number of Topliss-reactive ketones (excluding diaryl/α,β-unsaturated/α-hetero) is 1. The Balaban J connectivity index is 1.79. The van der Waals surface area contributed by atoms with Crippen molar-refractivity contribution in [2.75, 3.05) is 24.6 Å². The van der Waals surface area contributed by atoms with Crippen LogP contribution in [0.4, 0.5) is 5.69 Å². The van der Waals surface area contributed by atoms with Gasteiger partial charge in [0.2, 0.25) is 0 Å². The molecule has 2 amide bonds. The number of fused-ring (bicyclic) bond motifs is 2. The molecule has 0 bridgehead atoms. The zero-order valence-corrected chi connectivity index (χ0v) is 19.0. The van der Waals surface area contributed by atoms with E-state index in [1.54, 1.807) is 54.6 Å². The third-order valence-electron chi connectivity index (χ3n) is 6.86. The van der Waals surface area contributed by atoms with Gasteiger partial charge in [-0.15, -0.1) is 6.58 Å². The molecule has 3 aliphatic heterocycles. The molecule has 0 unspecified atom stereocenters. The Bertz CT molecular complexity index is 1230. The lowest BCUT2D eigenvalue weighted by molar-refractivity contribution is -0.145. The number of hydrogen-bond acceptors (Lipinski definition) is 5. The number of ether oxygens (including phenoxy) is 1. The van der Waals surface area contributed by atoms with Gasteiger partial charge in [0.1, 0.15) is 5.76 Å². The normalized spacial score (nSPS) is 25.4. The van der Waals surface area contributed by atoms with Gasteiger partial charge in [-0.05, 0) is 25.8 Å². The Morgan fingerprint density at radius 3 is 2.59 bits per heavy atom. The first-order valence-electron chi connectivity index (χ1n) is 11.4. The summed E-state index contributed by atoms with van der Waals surface area (Å²) in [7, 11) is 0. The summed E-state index contributed by atoms with van der Waals surface area (Å²) in [6.07, 6.45) is 2.88. The summed E-state index contributed by atoms with van der Waals surface area (Å²) >= 11 is 0. The first kappa shape index (κ1) is 22.1. The van der Waals surface area contributed by atoms with Gasteiger partial charge in [-0.25, -0.2) is 0 Å². The van der Waals surface area contributed by atoms with Crippen molar-refractivity contribution in [3.63, 3.8) is 0 Å². The number of carbonyl (C=O) groups excluding carboxylic acids is 3. The lowest BCUT2D eigenvalue weighted by atomic mass is 9.81. The third-order valence-corrected chi connectivity index (χ3v) is 6.86. The number of amides is 2. The van der Waals surface area contributed by atoms with Crippen molar-refractivity contribution >= 4 is 29.0 Å². The number of nitrogens with zero attached hydrogens (tertiary/aromatic N) is 2. The highest BCUT2D eigenvalue weighted by Crippen LogP contribution is 2.53. The molecule has 2 aromatic rings. The van der Waals surface area contributed by atoms with Crippen molar-refractivity contribution in [2.45, 2.75) is 31.4 Å². The molecule has 2 atom stereocenters. The summed E-state index contributed by atoms with van der Waals surface area (Å²) in [5.74, 6) is -2.51. The highest BCUT2D eigenvalue weighted by atomic mass is 16.5. The summed E-state index contributed by atoms with van der Waals surface area (Å²) in [6.45, 7) is 6.52. The Kier molecular flexibility index (Phi) is 5.37. The SMILES string of the molecule is C=CCN1C(=O)[C@]2(C(=C(O)c3ccc(C)cc3)C(=O)C(=O)N2C[C@@H]2CCCO2)c2ccccc21. The zero-order valence-electron chi connectivity index (χ0n) is 19.0. The van der Waals surface area contributed by atoms with Crippen LogP contribution >= 0.6 is 0 Å². The van der Waals surface area contributed by atoms with Crippen LogP contribution in [0.5, 0.6) is 0 Å². The maximum absolute atomic E-state index is 14.2. The molecule has 7 nitrogen and oxygen atoms in total. The fourth-order valence-corrected chi connectivity index (χ4v) is 5.28. The molecule has 0 radical (unpaired) electrons. The number of carbonyl (C=O) groups is 3. The second-order valence-electron chi connectivity index (χ2n) is 8.90. The molecule has 2 fully saturated rings. The number of aliphatic hydroxyl groups excluding tert-OH is 1. The number of aliphatic hydroxyl groups is 1. The minimum Gasteiger partial charge on any atom is -0.507 e. The Hall–Kier alpha value is -3.71. The topological polar surface area (TPSA) is 87.2 Å². The van der Waals surface area contributed by atoms with Gasteiger partial charge >= 0.3 is 0 Å². The van der Waals surface area contributed by atoms with E-state index >= 15 is 0 Å². The fraction of sp³-hybridized carbons (Fsp3) is 0.296. The lowest BCUT2D eigenvalue weighted by Gasteiger charge is -2.35. The minimum absolute atomic E-state index is 0.0806. The number of anilines is 1. The molecular formula is C27H26N2O5. The van der Waals surface area contributed by atoms with Crippen LogP contribution in [0.3, 0.4) is 0 Å². The molecule has 5 rings (SSSR count). The molecule has 2 saturated heterocycles. The molecule has 2 aromatic carbocycles. The van der Waals surface area contributed by atoms with Crippen LogP contribution in [0.2, 0.25) is 0 Å². The van der Waals surface area contributed by atoms with Crippen LogP contribution in [0, 0.1) is 6.92 Å². The number of likely N-dealkylation sites (tertiary alicyclic amines) is 1. The van der Waals surface area contributed by atoms with Crippen LogP contribution in [0.15, 0.2) is 66.8 Å². The maximum Gasteiger partial charge on any atom is 0.296 e. The van der Waals surface area contributed by atoms with Crippen molar-refractivity contribution in [2.24, 2.45) is 0 Å². The van der Waals surface area contributed by atoms with Crippen LogP contribution in [0.1, 0.15) is 29.5 Å². The summed E-state index contributed by atoms with van der Waals surface area (Å²) in [6, 6.07) is 14.1. The number of rotatable bonds is 5. The predicted octanol–water partition coefficient (Wildman–Crippen LogP) is 3.28. The standard InChI is InChI=1S/C27H26N2O5/c1-3-14-28-21-9-5-4-8-20(21)27(26(28)33)22(23(30)18-12-10-17(2)11-13-18)24(31)25(32)29(27)16-19-7-6-15-34-19/h3-5,8-13,19,30H,1,6-7,14-16H2,2H3/t19-,27+/m0/s1. The van der Waals surface area contributed by atoms with E-state index in [9.17, 15) is 19.5 Å². The van der Waals surface area contributed by atoms with E-state index in [2.05, 4.69) is 6.58 Å². The summed E-state index contributed by atoms with van der Waals surface area (Å²) < 4.78 is 5.77.